The van der Waals surface area contributed by atoms with Crippen molar-refractivity contribution >= 4 is 23.5 Å². The first kappa shape index (κ1) is 19.0. The van der Waals surface area contributed by atoms with E-state index < -0.39 is 5.97 Å². The summed E-state index contributed by atoms with van der Waals surface area (Å²) in [5.41, 5.74) is 1.77. The molecule has 0 saturated carbocycles. The van der Waals surface area contributed by atoms with Gasteiger partial charge in [-0.05, 0) is 17.7 Å². The van der Waals surface area contributed by atoms with Gasteiger partial charge in [0.15, 0.2) is 6.61 Å². The Morgan fingerprint density at radius 3 is 2.46 bits per heavy atom. The number of carbonyl (C=O) groups is 2. The van der Waals surface area contributed by atoms with Gasteiger partial charge >= 0.3 is 5.97 Å². The molecule has 2 aromatic rings. The lowest BCUT2D eigenvalue weighted by molar-refractivity contribution is -0.142. The molecule has 0 aliphatic rings. The average Bonchev–Trinajstić information content (AvgIpc) is 2.69. The van der Waals surface area contributed by atoms with Gasteiger partial charge in [-0.3, -0.25) is 4.79 Å². The van der Waals surface area contributed by atoms with Crippen LogP contribution in [0.15, 0.2) is 67.3 Å². The maximum absolute atomic E-state index is 12.6. The molecule has 5 heteroatoms. The summed E-state index contributed by atoms with van der Waals surface area (Å²) < 4.78 is 10.5. The van der Waals surface area contributed by atoms with E-state index in [2.05, 4.69) is 11.9 Å². The van der Waals surface area contributed by atoms with E-state index in [1.54, 1.807) is 31.4 Å². The number of benzene rings is 2. The summed E-state index contributed by atoms with van der Waals surface area (Å²) in [5.74, 6) is -0.337. The van der Waals surface area contributed by atoms with Crippen molar-refractivity contribution in [2.75, 3.05) is 20.3 Å². The fraction of sp³-hybridized carbons (Fsp3) is 0.143. The number of carbonyl (C=O) groups excluding carboxylic acids is 2. The van der Waals surface area contributed by atoms with Crippen LogP contribution in [-0.2, 0) is 14.3 Å². The first-order valence-corrected chi connectivity index (χ1v) is 8.10. The SMILES string of the molecule is C=CCNC(=O)COC(=O)/C(=C/c1ccccc1OC)c1ccccc1. The van der Waals surface area contributed by atoms with Gasteiger partial charge in [0, 0.05) is 12.1 Å². The molecule has 0 aromatic heterocycles. The third kappa shape index (κ3) is 5.34. The molecule has 2 aromatic carbocycles. The average molecular weight is 351 g/mol. The molecule has 0 atom stereocenters. The number of hydrogen-bond donors (Lipinski definition) is 1. The molecule has 0 saturated heterocycles. The number of rotatable bonds is 8. The molecule has 0 unspecified atom stereocenters. The molecule has 1 amide bonds. The monoisotopic (exact) mass is 351 g/mol. The molecule has 1 N–H and O–H groups in total. The number of hydrogen-bond acceptors (Lipinski definition) is 4. The lowest BCUT2D eigenvalue weighted by Crippen LogP contribution is -2.28. The number of para-hydroxylation sites is 1. The van der Waals surface area contributed by atoms with Crippen LogP contribution in [0.1, 0.15) is 11.1 Å². The fourth-order valence-corrected chi connectivity index (χ4v) is 2.26. The summed E-state index contributed by atoms with van der Waals surface area (Å²) in [4.78, 5) is 24.2. The van der Waals surface area contributed by atoms with Crippen molar-refractivity contribution in [3.8, 4) is 5.75 Å². The van der Waals surface area contributed by atoms with E-state index in [-0.39, 0.29) is 12.5 Å². The Kier molecular flexibility index (Phi) is 7.18. The van der Waals surface area contributed by atoms with Crippen LogP contribution < -0.4 is 10.1 Å². The number of amides is 1. The van der Waals surface area contributed by atoms with Crippen molar-refractivity contribution in [2.45, 2.75) is 0 Å². The minimum Gasteiger partial charge on any atom is -0.496 e. The maximum Gasteiger partial charge on any atom is 0.339 e. The van der Waals surface area contributed by atoms with Crippen LogP contribution in [-0.4, -0.2) is 32.1 Å². The maximum atomic E-state index is 12.6. The van der Waals surface area contributed by atoms with Crippen LogP contribution in [0, 0.1) is 0 Å². The van der Waals surface area contributed by atoms with E-state index in [1.165, 1.54) is 0 Å². The van der Waals surface area contributed by atoms with Crippen LogP contribution >= 0.6 is 0 Å². The van der Waals surface area contributed by atoms with E-state index in [9.17, 15) is 9.59 Å². The number of ether oxygens (including phenoxy) is 2. The predicted molar refractivity (Wildman–Crippen MR) is 101 cm³/mol. The van der Waals surface area contributed by atoms with Gasteiger partial charge in [0.2, 0.25) is 0 Å². The summed E-state index contributed by atoms with van der Waals surface area (Å²) in [7, 11) is 1.57. The molecule has 2 rings (SSSR count). The van der Waals surface area contributed by atoms with E-state index in [0.29, 0.717) is 23.4 Å². The second kappa shape index (κ2) is 9.84. The molecule has 0 aliphatic carbocycles. The molecule has 0 spiro atoms. The Morgan fingerprint density at radius 1 is 1.08 bits per heavy atom. The van der Waals surface area contributed by atoms with Crippen LogP contribution in [0.3, 0.4) is 0 Å². The van der Waals surface area contributed by atoms with Crippen LogP contribution in [0.4, 0.5) is 0 Å². The highest BCUT2D eigenvalue weighted by atomic mass is 16.5. The van der Waals surface area contributed by atoms with Crippen molar-refractivity contribution in [3.05, 3.63) is 78.4 Å². The standard InChI is InChI=1S/C21H21NO4/c1-3-13-22-20(23)15-26-21(24)18(16-9-5-4-6-10-16)14-17-11-7-8-12-19(17)25-2/h3-12,14H,1,13,15H2,2H3,(H,22,23)/b18-14+. The lowest BCUT2D eigenvalue weighted by Gasteiger charge is -2.10. The Bertz CT molecular complexity index is 797. The number of esters is 1. The van der Waals surface area contributed by atoms with Crippen molar-refractivity contribution in [1.82, 2.24) is 5.32 Å². The van der Waals surface area contributed by atoms with E-state index in [0.717, 1.165) is 5.56 Å². The molecule has 0 heterocycles. The van der Waals surface area contributed by atoms with Gasteiger partial charge in [-0.15, -0.1) is 6.58 Å². The van der Waals surface area contributed by atoms with Crippen LogP contribution in [0.2, 0.25) is 0 Å². The molecule has 0 aliphatic heterocycles. The van der Waals surface area contributed by atoms with Crippen LogP contribution in [0.5, 0.6) is 5.75 Å². The number of nitrogens with one attached hydrogen (secondary N) is 1. The first-order valence-electron chi connectivity index (χ1n) is 8.10. The third-order valence-corrected chi connectivity index (χ3v) is 3.52. The topological polar surface area (TPSA) is 64.6 Å². The zero-order valence-electron chi connectivity index (χ0n) is 14.6. The zero-order valence-corrected chi connectivity index (χ0v) is 14.6. The normalized spacial score (nSPS) is 10.7. The highest BCUT2D eigenvalue weighted by molar-refractivity contribution is 6.22. The Balaban J connectivity index is 2.27. The fourth-order valence-electron chi connectivity index (χ4n) is 2.26. The van der Waals surface area contributed by atoms with Crippen molar-refractivity contribution in [3.63, 3.8) is 0 Å². The van der Waals surface area contributed by atoms with Gasteiger partial charge in [-0.2, -0.15) is 0 Å². The van der Waals surface area contributed by atoms with Gasteiger partial charge in [0.05, 0.1) is 12.7 Å². The predicted octanol–water partition coefficient (Wildman–Crippen LogP) is 3.08. The molecule has 26 heavy (non-hydrogen) atoms. The highest BCUT2D eigenvalue weighted by Gasteiger charge is 2.16. The Morgan fingerprint density at radius 2 is 1.77 bits per heavy atom. The zero-order chi connectivity index (χ0) is 18.8. The second-order valence-electron chi connectivity index (χ2n) is 5.33. The summed E-state index contributed by atoms with van der Waals surface area (Å²) in [6.45, 7) is 3.48. The molecule has 0 bridgehead atoms. The first-order chi connectivity index (χ1) is 12.7. The summed E-state index contributed by atoms with van der Waals surface area (Å²) in [5, 5.41) is 2.56. The van der Waals surface area contributed by atoms with Gasteiger partial charge in [-0.25, -0.2) is 4.79 Å². The third-order valence-electron chi connectivity index (χ3n) is 3.52. The lowest BCUT2D eigenvalue weighted by atomic mass is 10.0. The minimum absolute atomic E-state index is 0.318. The summed E-state index contributed by atoms with van der Waals surface area (Å²) in [6, 6.07) is 16.5. The van der Waals surface area contributed by atoms with Crippen LogP contribution in [0.25, 0.3) is 11.6 Å². The van der Waals surface area contributed by atoms with Crippen molar-refractivity contribution in [2.24, 2.45) is 0 Å². The minimum atomic E-state index is -0.587. The van der Waals surface area contributed by atoms with Crippen molar-refractivity contribution < 1.29 is 19.1 Å². The summed E-state index contributed by atoms with van der Waals surface area (Å²) in [6.07, 6.45) is 3.24. The largest absolute Gasteiger partial charge is 0.496 e. The van der Waals surface area contributed by atoms with E-state index in [4.69, 9.17) is 9.47 Å². The molecule has 0 radical (unpaired) electrons. The number of methoxy groups -OCH3 is 1. The van der Waals surface area contributed by atoms with Gasteiger partial charge in [0.1, 0.15) is 5.75 Å². The Hall–Kier alpha value is -3.34. The van der Waals surface area contributed by atoms with Gasteiger partial charge in [0.25, 0.3) is 5.91 Å². The summed E-state index contributed by atoms with van der Waals surface area (Å²) >= 11 is 0. The molecular weight excluding hydrogens is 330 g/mol. The van der Waals surface area contributed by atoms with E-state index >= 15 is 0 Å². The Labute approximate surface area is 152 Å². The van der Waals surface area contributed by atoms with Crippen molar-refractivity contribution in [1.29, 1.82) is 0 Å². The quantitative estimate of drug-likeness (QED) is 0.344. The molecule has 134 valence electrons. The van der Waals surface area contributed by atoms with Gasteiger partial charge in [-0.1, -0.05) is 54.6 Å². The highest BCUT2D eigenvalue weighted by Crippen LogP contribution is 2.25. The van der Waals surface area contributed by atoms with Gasteiger partial charge < -0.3 is 14.8 Å². The second-order valence-corrected chi connectivity index (χ2v) is 5.33. The van der Waals surface area contributed by atoms with E-state index in [1.807, 2.05) is 42.5 Å². The smallest absolute Gasteiger partial charge is 0.339 e. The molecule has 5 nitrogen and oxygen atoms in total. The molecule has 0 fully saturated rings. The molecular formula is C21H21NO4.